The van der Waals surface area contributed by atoms with E-state index in [1.165, 1.54) is 0 Å². The van der Waals surface area contributed by atoms with Crippen molar-refractivity contribution in [3.8, 4) is 5.69 Å². The molecule has 0 amide bonds. The molecule has 0 saturated heterocycles. The van der Waals surface area contributed by atoms with E-state index in [0.29, 0.717) is 0 Å². The third-order valence-corrected chi connectivity index (χ3v) is 3.22. The number of para-hydroxylation sites is 2. The molecule has 3 rings (SSSR count). The van der Waals surface area contributed by atoms with Crippen molar-refractivity contribution >= 4 is 16.9 Å². The highest BCUT2D eigenvalue weighted by molar-refractivity contribution is 5.77. The predicted molar refractivity (Wildman–Crippen MR) is 75.9 cm³/mol. The van der Waals surface area contributed by atoms with Gasteiger partial charge in [-0.1, -0.05) is 12.1 Å². The van der Waals surface area contributed by atoms with Crippen molar-refractivity contribution in [3.05, 3.63) is 53.1 Å². The molecule has 0 aliphatic rings. The van der Waals surface area contributed by atoms with Crippen LogP contribution in [-0.2, 0) is 7.05 Å². The molecule has 1 N–H and O–H groups in total. The summed E-state index contributed by atoms with van der Waals surface area (Å²) in [5, 5.41) is 2.96. The van der Waals surface area contributed by atoms with Gasteiger partial charge >= 0.3 is 5.69 Å². The van der Waals surface area contributed by atoms with Crippen LogP contribution < -0.4 is 11.0 Å². The largest absolute Gasteiger partial charge is 0.373 e. The number of imidazole rings is 1. The van der Waals surface area contributed by atoms with E-state index >= 15 is 0 Å². The van der Waals surface area contributed by atoms with Crippen molar-refractivity contribution in [2.45, 2.75) is 0 Å². The summed E-state index contributed by atoms with van der Waals surface area (Å²) in [6, 6.07) is 11.4. The average molecular weight is 254 g/mol. The molecule has 19 heavy (non-hydrogen) atoms. The summed E-state index contributed by atoms with van der Waals surface area (Å²) in [4.78, 5) is 16.6. The Kier molecular flexibility index (Phi) is 2.59. The van der Waals surface area contributed by atoms with Crippen molar-refractivity contribution in [3.63, 3.8) is 0 Å². The number of nitrogens with zero attached hydrogens (tertiary/aromatic N) is 3. The van der Waals surface area contributed by atoms with Gasteiger partial charge in [-0.15, -0.1) is 0 Å². The van der Waals surface area contributed by atoms with Crippen LogP contribution in [0.2, 0.25) is 0 Å². The molecule has 2 heterocycles. The summed E-state index contributed by atoms with van der Waals surface area (Å²) in [6.45, 7) is 0. The van der Waals surface area contributed by atoms with Crippen LogP contribution in [0.5, 0.6) is 0 Å². The second-order valence-electron chi connectivity index (χ2n) is 4.32. The van der Waals surface area contributed by atoms with Crippen LogP contribution in [0.15, 0.2) is 47.4 Å². The fourth-order valence-corrected chi connectivity index (χ4v) is 2.21. The van der Waals surface area contributed by atoms with Crippen LogP contribution in [0.1, 0.15) is 0 Å². The van der Waals surface area contributed by atoms with Crippen molar-refractivity contribution in [2.24, 2.45) is 7.05 Å². The number of benzene rings is 1. The van der Waals surface area contributed by atoms with Crippen molar-refractivity contribution in [1.82, 2.24) is 14.1 Å². The fourth-order valence-electron chi connectivity index (χ4n) is 2.21. The summed E-state index contributed by atoms with van der Waals surface area (Å²) < 4.78 is 3.31. The molecule has 5 heteroatoms. The van der Waals surface area contributed by atoms with Crippen LogP contribution in [-0.4, -0.2) is 21.2 Å². The number of nitrogens with one attached hydrogen (secondary N) is 1. The molecule has 5 nitrogen and oxygen atoms in total. The number of pyridine rings is 1. The second-order valence-corrected chi connectivity index (χ2v) is 4.32. The molecule has 96 valence electrons. The molecule has 1 aromatic carbocycles. The first-order chi connectivity index (χ1) is 9.22. The highest BCUT2D eigenvalue weighted by atomic mass is 16.1. The summed E-state index contributed by atoms with van der Waals surface area (Å²) in [7, 11) is 3.59. The zero-order valence-corrected chi connectivity index (χ0v) is 10.8. The van der Waals surface area contributed by atoms with E-state index in [1.807, 2.05) is 43.4 Å². The minimum Gasteiger partial charge on any atom is -0.373 e. The number of fused-ring (bicyclic) bond motifs is 1. The molecule has 3 aromatic rings. The quantitative estimate of drug-likeness (QED) is 0.758. The third-order valence-electron chi connectivity index (χ3n) is 3.22. The Labute approximate surface area is 110 Å². The van der Waals surface area contributed by atoms with Gasteiger partial charge in [0.1, 0.15) is 5.82 Å². The molecule has 0 saturated carbocycles. The Bertz CT molecular complexity index is 783. The molecular formula is C14H14N4O. The van der Waals surface area contributed by atoms with E-state index in [0.717, 1.165) is 22.5 Å². The lowest BCUT2D eigenvalue weighted by molar-refractivity contribution is 0.844. The lowest BCUT2D eigenvalue weighted by Crippen LogP contribution is -2.20. The maximum atomic E-state index is 12.3. The molecule has 0 aliphatic heterocycles. The second kappa shape index (κ2) is 4.28. The minimum absolute atomic E-state index is 0.0693. The lowest BCUT2D eigenvalue weighted by Gasteiger charge is -2.04. The fraction of sp³-hybridized carbons (Fsp3) is 0.143. The lowest BCUT2D eigenvalue weighted by atomic mass is 10.3. The maximum absolute atomic E-state index is 12.3. The minimum atomic E-state index is -0.0693. The topological polar surface area (TPSA) is 51.9 Å². The van der Waals surface area contributed by atoms with Gasteiger partial charge in [-0.3, -0.25) is 9.13 Å². The number of rotatable bonds is 2. The first-order valence-corrected chi connectivity index (χ1v) is 6.03. The van der Waals surface area contributed by atoms with Gasteiger partial charge < -0.3 is 5.32 Å². The Morgan fingerprint density at radius 2 is 1.84 bits per heavy atom. The number of aromatic nitrogens is 3. The molecule has 0 spiro atoms. The molecule has 0 unspecified atom stereocenters. The molecule has 0 bridgehead atoms. The summed E-state index contributed by atoms with van der Waals surface area (Å²) in [5.74, 6) is 0.775. The third kappa shape index (κ3) is 1.71. The molecule has 2 aromatic heterocycles. The molecular weight excluding hydrogens is 240 g/mol. The SMILES string of the molecule is CNc1ccc(-n2c(=O)n(C)c3ccccc32)cn1. The highest BCUT2D eigenvalue weighted by Gasteiger charge is 2.11. The smallest absolute Gasteiger partial charge is 0.333 e. The van der Waals surface area contributed by atoms with Crippen molar-refractivity contribution in [1.29, 1.82) is 0 Å². The van der Waals surface area contributed by atoms with Gasteiger partial charge in [0.25, 0.3) is 0 Å². The van der Waals surface area contributed by atoms with E-state index in [1.54, 1.807) is 22.4 Å². The monoisotopic (exact) mass is 254 g/mol. The maximum Gasteiger partial charge on any atom is 0.333 e. The Morgan fingerprint density at radius 3 is 2.47 bits per heavy atom. The van der Waals surface area contributed by atoms with E-state index in [2.05, 4.69) is 10.3 Å². The van der Waals surface area contributed by atoms with Gasteiger partial charge in [0.15, 0.2) is 0 Å². The summed E-state index contributed by atoms with van der Waals surface area (Å²) in [6.07, 6.45) is 1.69. The molecule has 0 aliphatic carbocycles. The van der Waals surface area contributed by atoms with Gasteiger partial charge in [0.05, 0.1) is 22.9 Å². The van der Waals surface area contributed by atoms with E-state index < -0.39 is 0 Å². The zero-order chi connectivity index (χ0) is 13.4. The zero-order valence-electron chi connectivity index (χ0n) is 10.8. The van der Waals surface area contributed by atoms with Crippen molar-refractivity contribution < 1.29 is 0 Å². The molecule has 0 fully saturated rings. The van der Waals surface area contributed by atoms with Crippen LogP contribution in [0.3, 0.4) is 0 Å². The van der Waals surface area contributed by atoms with Gasteiger partial charge in [-0.2, -0.15) is 0 Å². The van der Waals surface area contributed by atoms with E-state index in [9.17, 15) is 4.79 Å². The average Bonchev–Trinajstić information content (AvgIpc) is 2.72. The molecule has 0 radical (unpaired) electrons. The summed E-state index contributed by atoms with van der Waals surface area (Å²) in [5.41, 5.74) is 2.49. The number of hydrogen-bond donors (Lipinski definition) is 1. The van der Waals surface area contributed by atoms with Crippen LogP contribution in [0, 0.1) is 0 Å². The number of aryl methyl sites for hydroxylation is 1. The van der Waals surface area contributed by atoms with E-state index in [-0.39, 0.29) is 5.69 Å². The van der Waals surface area contributed by atoms with Gasteiger partial charge in [0, 0.05) is 14.1 Å². The number of hydrogen-bond acceptors (Lipinski definition) is 3. The van der Waals surface area contributed by atoms with Crippen LogP contribution in [0.4, 0.5) is 5.82 Å². The number of anilines is 1. The predicted octanol–water partition coefficient (Wildman–Crippen LogP) is 1.77. The highest BCUT2D eigenvalue weighted by Crippen LogP contribution is 2.16. The van der Waals surface area contributed by atoms with Gasteiger partial charge in [0.2, 0.25) is 0 Å². The Hall–Kier alpha value is -2.56. The van der Waals surface area contributed by atoms with Gasteiger partial charge in [-0.05, 0) is 24.3 Å². The van der Waals surface area contributed by atoms with Crippen LogP contribution in [0.25, 0.3) is 16.7 Å². The van der Waals surface area contributed by atoms with Gasteiger partial charge in [-0.25, -0.2) is 9.78 Å². The standard InChI is InChI=1S/C14H14N4O/c1-15-13-8-7-10(9-16-13)18-12-6-4-3-5-11(12)17(2)14(18)19/h3-9H,1-2H3,(H,15,16). The summed E-state index contributed by atoms with van der Waals surface area (Å²) >= 11 is 0. The Morgan fingerprint density at radius 1 is 1.11 bits per heavy atom. The normalized spacial score (nSPS) is 10.8. The van der Waals surface area contributed by atoms with Crippen molar-refractivity contribution in [2.75, 3.05) is 12.4 Å². The first-order valence-electron chi connectivity index (χ1n) is 6.03. The van der Waals surface area contributed by atoms with E-state index in [4.69, 9.17) is 0 Å². The first kappa shape index (κ1) is 11.5. The Balaban J connectivity index is 2.29. The molecule has 0 atom stereocenters. The van der Waals surface area contributed by atoms with Crippen LogP contribution >= 0.6 is 0 Å².